The molecule has 0 aliphatic heterocycles. The van der Waals surface area contributed by atoms with E-state index in [1.165, 1.54) is 17.4 Å². The van der Waals surface area contributed by atoms with Gasteiger partial charge in [0.25, 0.3) is 0 Å². The van der Waals surface area contributed by atoms with Crippen molar-refractivity contribution in [3.8, 4) is 0 Å². The standard InChI is InChI=1S/C12H14N4O2S/c1-15(2)12-10(4-3-7-13-12)14-8-9-5-6-11(19-9)16(17)18/h3-7,14H,8H2,1-2H3. The van der Waals surface area contributed by atoms with Gasteiger partial charge in [-0.2, -0.15) is 0 Å². The summed E-state index contributed by atoms with van der Waals surface area (Å²) in [6, 6.07) is 7.08. The van der Waals surface area contributed by atoms with Crippen molar-refractivity contribution in [1.29, 1.82) is 0 Å². The third kappa shape index (κ3) is 3.19. The highest BCUT2D eigenvalue weighted by atomic mass is 32.1. The Labute approximate surface area is 114 Å². The number of anilines is 2. The van der Waals surface area contributed by atoms with Crippen LogP contribution < -0.4 is 10.2 Å². The zero-order valence-corrected chi connectivity index (χ0v) is 11.5. The molecule has 2 aromatic heterocycles. The smallest absolute Gasteiger partial charge is 0.324 e. The van der Waals surface area contributed by atoms with Gasteiger partial charge in [-0.25, -0.2) is 4.98 Å². The average Bonchev–Trinajstić information content (AvgIpc) is 2.85. The van der Waals surface area contributed by atoms with Gasteiger partial charge in [-0.15, -0.1) is 0 Å². The van der Waals surface area contributed by atoms with E-state index >= 15 is 0 Å². The molecule has 0 radical (unpaired) electrons. The van der Waals surface area contributed by atoms with Gasteiger partial charge in [0.15, 0.2) is 5.82 Å². The summed E-state index contributed by atoms with van der Waals surface area (Å²) < 4.78 is 0. The van der Waals surface area contributed by atoms with Crippen LogP contribution in [0, 0.1) is 10.1 Å². The molecule has 6 nitrogen and oxygen atoms in total. The van der Waals surface area contributed by atoms with Crippen LogP contribution in [0.4, 0.5) is 16.5 Å². The Morgan fingerprint density at radius 1 is 1.42 bits per heavy atom. The highest BCUT2D eigenvalue weighted by molar-refractivity contribution is 7.15. The van der Waals surface area contributed by atoms with Gasteiger partial charge < -0.3 is 10.2 Å². The maximum absolute atomic E-state index is 10.6. The van der Waals surface area contributed by atoms with E-state index < -0.39 is 0 Å². The van der Waals surface area contributed by atoms with Crippen molar-refractivity contribution in [2.24, 2.45) is 0 Å². The molecule has 0 amide bonds. The Balaban J connectivity index is 2.08. The molecule has 0 bridgehead atoms. The summed E-state index contributed by atoms with van der Waals surface area (Å²) in [7, 11) is 3.84. The van der Waals surface area contributed by atoms with Gasteiger partial charge in [-0.1, -0.05) is 11.3 Å². The van der Waals surface area contributed by atoms with Crippen molar-refractivity contribution >= 4 is 27.8 Å². The Morgan fingerprint density at radius 2 is 2.21 bits per heavy atom. The van der Waals surface area contributed by atoms with E-state index in [9.17, 15) is 10.1 Å². The van der Waals surface area contributed by atoms with Crippen molar-refractivity contribution in [3.63, 3.8) is 0 Å². The quantitative estimate of drug-likeness (QED) is 0.672. The monoisotopic (exact) mass is 278 g/mol. The van der Waals surface area contributed by atoms with E-state index in [0.717, 1.165) is 16.4 Å². The number of nitro groups is 1. The number of hydrogen-bond acceptors (Lipinski definition) is 6. The fourth-order valence-corrected chi connectivity index (χ4v) is 2.39. The lowest BCUT2D eigenvalue weighted by Gasteiger charge is -2.16. The van der Waals surface area contributed by atoms with Crippen molar-refractivity contribution in [1.82, 2.24) is 4.98 Å². The Bertz CT molecular complexity index is 583. The highest BCUT2D eigenvalue weighted by Gasteiger charge is 2.10. The fourth-order valence-electron chi connectivity index (χ4n) is 1.63. The van der Waals surface area contributed by atoms with E-state index in [0.29, 0.717) is 6.54 Å². The maximum atomic E-state index is 10.6. The molecule has 2 rings (SSSR count). The van der Waals surface area contributed by atoms with E-state index in [-0.39, 0.29) is 9.92 Å². The molecule has 2 aromatic rings. The molecule has 0 aliphatic rings. The molecule has 0 aliphatic carbocycles. The van der Waals surface area contributed by atoms with Crippen LogP contribution in [0.2, 0.25) is 0 Å². The molecule has 19 heavy (non-hydrogen) atoms. The minimum atomic E-state index is -0.372. The molecule has 0 spiro atoms. The first kappa shape index (κ1) is 13.3. The summed E-state index contributed by atoms with van der Waals surface area (Å²) in [5.41, 5.74) is 0.906. The van der Waals surface area contributed by atoms with Crippen LogP contribution in [0.15, 0.2) is 30.5 Å². The summed E-state index contributed by atoms with van der Waals surface area (Å²) in [5.74, 6) is 0.841. The summed E-state index contributed by atoms with van der Waals surface area (Å²) in [4.78, 5) is 17.4. The first-order valence-electron chi connectivity index (χ1n) is 5.67. The molecule has 100 valence electrons. The Hall–Kier alpha value is -2.15. The van der Waals surface area contributed by atoms with Gasteiger partial charge in [0.1, 0.15) is 0 Å². The first-order chi connectivity index (χ1) is 9.08. The largest absolute Gasteiger partial charge is 0.377 e. The lowest BCUT2D eigenvalue weighted by Crippen LogP contribution is -2.13. The molecular weight excluding hydrogens is 264 g/mol. The summed E-state index contributed by atoms with van der Waals surface area (Å²) >= 11 is 1.18. The van der Waals surface area contributed by atoms with Crippen LogP contribution in [0.5, 0.6) is 0 Å². The molecular formula is C12H14N4O2S. The van der Waals surface area contributed by atoms with Gasteiger partial charge in [-0.3, -0.25) is 10.1 Å². The number of aromatic nitrogens is 1. The number of pyridine rings is 1. The summed E-state index contributed by atoms with van der Waals surface area (Å²) in [6.45, 7) is 0.547. The SMILES string of the molecule is CN(C)c1ncccc1NCc1ccc([N+](=O)[O-])s1. The van der Waals surface area contributed by atoms with Gasteiger partial charge in [0, 0.05) is 37.8 Å². The van der Waals surface area contributed by atoms with E-state index in [2.05, 4.69) is 10.3 Å². The van der Waals surface area contributed by atoms with Gasteiger partial charge in [-0.05, 0) is 18.2 Å². The topological polar surface area (TPSA) is 71.3 Å². The number of hydrogen-bond donors (Lipinski definition) is 1. The maximum Gasteiger partial charge on any atom is 0.324 e. The van der Waals surface area contributed by atoms with E-state index in [4.69, 9.17) is 0 Å². The van der Waals surface area contributed by atoms with Crippen molar-refractivity contribution in [2.75, 3.05) is 24.3 Å². The van der Waals surface area contributed by atoms with E-state index in [1.807, 2.05) is 31.1 Å². The molecule has 1 N–H and O–H groups in total. The number of nitrogens with zero attached hydrogens (tertiary/aromatic N) is 3. The lowest BCUT2D eigenvalue weighted by molar-refractivity contribution is -0.380. The molecule has 2 heterocycles. The van der Waals surface area contributed by atoms with Gasteiger partial charge in [0.2, 0.25) is 0 Å². The van der Waals surface area contributed by atoms with Crippen LogP contribution >= 0.6 is 11.3 Å². The zero-order valence-electron chi connectivity index (χ0n) is 10.7. The van der Waals surface area contributed by atoms with Gasteiger partial charge >= 0.3 is 5.00 Å². The normalized spacial score (nSPS) is 10.2. The van der Waals surface area contributed by atoms with Crippen molar-refractivity contribution < 1.29 is 4.92 Å². The van der Waals surface area contributed by atoms with E-state index in [1.54, 1.807) is 12.3 Å². The number of thiophene rings is 1. The molecule has 0 fully saturated rings. The molecule has 0 unspecified atom stereocenters. The van der Waals surface area contributed by atoms with Crippen LogP contribution in [-0.4, -0.2) is 24.0 Å². The molecule has 0 atom stereocenters. The minimum Gasteiger partial charge on any atom is -0.377 e. The van der Waals surface area contributed by atoms with Crippen LogP contribution in [0.3, 0.4) is 0 Å². The predicted octanol–water partition coefficient (Wildman–Crippen LogP) is 2.73. The molecule has 0 saturated carbocycles. The third-order valence-electron chi connectivity index (χ3n) is 2.49. The second-order valence-corrected chi connectivity index (χ2v) is 5.27. The molecule has 0 saturated heterocycles. The predicted molar refractivity (Wildman–Crippen MR) is 76.9 cm³/mol. The third-order valence-corrected chi connectivity index (χ3v) is 3.53. The Morgan fingerprint density at radius 3 is 2.84 bits per heavy atom. The highest BCUT2D eigenvalue weighted by Crippen LogP contribution is 2.26. The summed E-state index contributed by atoms with van der Waals surface area (Å²) in [5, 5.41) is 14.0. The van der Waals surface area contributed by atoms with Crippen LogP contribution in [-0.2, 0) is 6.54 Å². The fraction of sp³-hybridized carbons (Fsp3) is 0.250. The second-order valence-electron chi connectivity index (χ2n) is 4.12. The minimum absolute atomic E-state index is 0.163. The zero-order chi connectivity index (χ0) is 13.8. The molecule has 7 heteroatoms. The van der Waals surface area contributed by atoms with Crippen molar-refractivity contribution in [2.45, 2.75) is 6.54 Å². The first-order valence-corrected chi connectivity index (χ1v) is 6.49. The summed E-state index contributed by atoms with van der Waals surface area (Å²) in [6.07, 6.45) is 1.73. The molecule has 0 aromatic carbocycles. The average molecular weight is 278 g/mol. The second kappa shape index (κ2) is 5.66. The number of nitrogens with one attached hydrogen (secondary N) is 1. The van der Waals surface area contributed by atoms with Crippen molar-refractivity contribution in [3.05, 3.63) is 45.5 Å². The lowest BCUT2D eigenvalue weighted by atomic mass is 10.3. The number of rotatable bonds is 5. The van der Waals surface area contributed by atoms with Crippen LogP contribution in [0.25, 0.3) is 0 Å². The van der Waals surface area contributed by atoms with Gasteiger partial charge in [0.05, 0.1) is 10.6 Å². The Kier molecular flexibility index (Phi) is 3.96. The van der Waals surface area contributed by atoms with Crippen LogP contribution in [0.1, 0.15) is 4.88 Å².